The topological polar surface area (TPSA) is 20.2 Å². The Kier molecular flexibility index (Phi) is 3.74. The highest BCUT2D eigenvalue weighted by atomic mass is 19.4. The SMILES string of the molecule is Cc1ccc(CCCO)c(C(F)(F)F)c1. The van der Waals surface area contributed by atoms with E-state index < -0.39 is 11.7 Å². The molecule has 1 aromatic rings. The minimum atomic E-state index is -4.31. The van der Waals surface area contributed by atoms with Crippen LogP contribution in [0.5, 0.6) is 0 Å². The molecule has 1 nitrogen and oxygen atoms in total. The first kappa shape index (κ1) is 12.0. The Morgan fingerprint density at radius 3 is 2.47 bits per heavy atom. The molecule has 0 bridgehead atoms. The molecule has 84 valence electrons. The second-order valence-corrected chi connectivity index (χ2v) is 3.49. The molecule has 15 heavy (non-hydrogen) atoms. The number of hydrogen-bond donors (Lipinski definition) is 1. The maximum Gasteiger partial charge on any atom is 0.416 e. The van der Waals surface area contributed by atoms with E-state index in [1.54, 1.807) is 13.0 Å². The summed E-state index contributed by atoms with van der Waals surface area (Å²) in [6.07, 6.45) is -3.70. The normalized spacial score (nSPS) is 11.8. The van der Waals surface area contributed by atoms with Crippen molar-refractivity contribution < 1.29 is 18.3 Å². The van der Waals surface area contributed by atoms with Crippen LogP contribution in [0.25, 0.3) is 0 Å². The lowest BCUT2D eigenvalue weighted by atomic mass is 10.0. The third-order valence-electron chi connectivity index (χ3n) is 2.17. The van der Waals surface area contributed by atoms with Crippen LogP contribution < -0.4 is 0 Å². The van der Waals surface area contributed by atoms with Crippen LogP contribution >= 0.6 is 0 Å². The quantitative estimate of drug-likeness (QED) is 0.827. The third-order valence-corrected chi connectivity index (χ3v) is 2.17. The molecule has 0 aliphatic heterocycles. The van der Waals surface area contributed by atoms with E-state index in [9.17, 15) is 13.2 Å². The van der Waals surface area contributed by atoms with Crippen molar-refractivity contribution in [2.45, 2.75) is 25.9 Å². The summed E-state index contributed by atoms with van der Waals surface area (Å²) in [4.78, 5) is 0. The second kappa shape index (κ2) is 4.66. The third kappa shape index (κ3) is 3.23. The summed E-state index contributed by atoms with van der Waals surface area (Å²) in [6, 6.07) is 4.28. The fraction of sp³-hybridized carbons (Fsp3) is 0.455. The maximum atomic E-state index is 12.6. The van der Waals surface area contributed by atoms with Gasteiger partial charge in [0.05, 0.1) is 5.56 Å². The van der Waals surface area contributed by atoms with Crippen molar-refractivity contribution in [2.24, 2.45) is 0 Å². The van der Waals surface area contributed by atoms with Crippen LogP contribution in [0.2, 0.25) is 0 Å². The average Bonchev–Trinajstić information content (AvgIpc) is 2.14. The van der Waals surface area contributed by atoms with Gasteiger partial charge in [-0.15, -0.1) is 0 Å². The van der Waals surface area contributed by atoms with Crippen LogP contribution in [-0.2, 0) is 12.6 Å². The first-order valence-corrected chi connectivity index (χ1v) is 4.72. The van der Waals surface area contributed by atoms with Crippen molar-refractivity contribution in [3.63, 3.8) is 0 Å². The molecule has 0 fully saturated rings. The molecule has 0 spiro atoms. The maximum absolute atomic E-state index is 12.6. The molecular formula is C11H13F3O. The summed E-state index contributed by atoms with van der Waals surface area (Å²) in [7, 11) is 0. The number of halogens is 3. The monoisotopic (exact) mass is 218 g/mol. The zero-order valence-corrected chi connectivity index (χ0v) is 8.43. The lowest BCUT2D eigenvalue weighted by Crippen LogP contribution is -2.10. The molecule has 0 aromatic heterocycles. The van der Waals surface area contributed by atoms with Crippen molar-refractivity contribution in [3.05, 3.63) is 34.9 Å². The van der Waals surface area contributed by atoms with Gasteiger partial charge in [0.15, 0.2) is 0 Å². The molecule has 0 heterocycles. The van der Waals surface area contributed by atoms with Crippen molar-refractivity contribution in [1.29, 1.82) is 0 Å². The molecule has 0 saturated heterocycles. The summed E-state index contributed by atoms with van der Waals surface area (Å²) in [6.45, 7) is 1.54. The van der Waals surface area contributed by atoms with E-state index in [-0.39, 0.29) is 18.6 Å². The number of aliphatic hydroxyl groups excluding tert-OH is 1. The van der Waals surface area contributed by atoms with Gasteiger partial charge in [0, 0.05) is 6.61 Å². The Labute approximate surface area is 86.5 Å². The zero-order chi connectivity index (χ0) is 11.5. The fourth-order valence-electron chi connectivity index (χ4n) is 1.44. The van der Waals surface area contributed by atoms with Crippen molar-refractivity contribution in [3.8, 4) is 0 Å². The van der Waals surface area contributed by atoms with Gasteiger partial charge in [-0.1, -0.05) is 17.7 Å². The van der Waals surface area contributed by atoms with Crippen molar-refractivity contribution in [2.75, 3.05) is 6.61 Å². The molecule has 0 unspecified atom stereocenters. The van der Waals surface area contributed by atoms with Crippen molar-refractivity contribution >= 4 is 0 Å². The predicted molar refractivity (Wildman–Crippen MR) is 51.6 cm³/mol. The summed E-state index contributed by atoms with van der Waals surface area (Å²) in [5.41, 5.74) is 0.258. The molecule has 1 rings (SSSR count). The molecule has 0 saturated carbocycles. The number of alkyl halides is 3. The Hall–Kier alpha value is -1.03. The molecule has 0 aliphatic rings. The van der Waals surface area contributed by atoms with Gasteiger partial charge in [-0.05, 0) is 31.4 Å². The van der Waals surface area contributed by atoms with E-state index >= 15 is 0 Å². The van der Waals surface area contributed by atoms with E-state index in [0.717, 1.165) is 6.07 Å². The fourth-order valence-corrected chi connectivity index (χ4v) is 1.44. The summed E-state index contributed by atoms with van der Waals surface area (Å²) in [5.74, 6) is 0. The number of hydrogen-bond acceptors (Lipinski definition) is 1. The van der Waals surface area contributed by atoms with Gasteiger partial charge in [-0.3, -0.25) is 0 Å². The smallest absolute Gasteiger partial charge is 0.396 e. The van der Waals surface area contributed by atoms with Crippen molar-refractivity contribution in [1.82, 2.24) is 0 Å². The molecule has 4 heteroatoms. The second-order valence-electron chi connectivity index (χ2n) is 3.49. The molecule has 0 aliphatic carbocycles. The number of aryl methyl sites for hydroxylation is 2. The molecule has 0 amide bonds. The van der Waals surface area contributed by atoms with Crippen LogP contribution in [0.3, 0.4) is 0 Å². The zero-order valence-electron chi connectivity index (χ0n) is 8.43. The molecular weight excluding hydrogens is 205 g/mol. The van der Waals surface area contributed by atoms with Gasteiger partial charge in [0.25, 0.3) is 0 Å². The Balaban J connectivity index is 3.04. The van der Waals surface area contributed by atoms with Crippen LogP contribution in [0.15, 0.2) is 18.2 Å². The summed E-state index contributed by atoms with van der Waals surface area (Å²) < 4.78 is 37.8. The highest BCUT2D eigenvalue weighted by Crippen LogP contribution is 2.33. The lowest BCUT2D eigenvalue weighted by molar-refractivity contribution is -0.138. The van der Waals surface area contributed by atoms with Gasteiger partial charge >= 0.3 is 6.18 Å². The largest absolute Gasteiger partial charge is 0.416 e. The van der Waals surface area contributed by atoms with Gasteiger partial charge in [-0.2, -0.15) is 13.2 Å². The minimum Gasteiger partial charge on any atom is -0.396 e. The van der Waals surface area contributed by atoms with Gasteiger partial charge in [-0.25, -0.2) is 0 Å². The van der Waals surface area contributed by atoms with E-state index in [2.05, 4.69) is 0 Å². The Bertz CT molecular complexity index is 331. The number of benzene rings is 1. The van der Waals surface area contributed by atoms with Crippen LogP contribution in [0.4, 0.5) is 13.2 Å². The molecule has 0 atom stereocenters. The van der Waals surface area contributed by atoms with Crippen LogP contribution in [0, 0.1) is 6.92 Å². The predicted octanol–water partition coefficient (Wildman–Crippen LogP) is 2.94. The van der Waals surface area contributed by atoms with Gasteiger partial charge in [0.1, 0.15) is 0 Å². The van der Waals surface area contributed by atoms with Gasteiger partial charge in [0.2, 0.25) is 0 Å². The van der Waals surface area contributed by atoms with Crippen LogP contribution in [0.1, 0.15) is 23.1 Å². The first-order valence-electron chi connectivity index (χ1n) is 4.72. The summed E-state index contributed by atoms with van der Waals surface area (Å²) in [5, 5.41) is 8.59. The first-order chi connectivity index (χ1) is 6.95. The minimum absolute atomic E-state index is 0.0921. The van der Waals surface area contributed by atoms with E-state index in [1.165, 1.54) is 6.07 Å². The van der Waals surface area contributed by atoms with Gasteiger partial charge < -0.3 is 5.11 Å². The standard InChI is InChI=1S/C11H13F3O/c1-8-4-5-9(3-2-6-15)10(7-8)11(12,13)14/h4-5,7,15H,2-3,6H2,1H3. The molecule has 1 aromatic carbocycles. The number of aliphatic hydroxyl groups is 1. The van der Waals surface area contributed by atoms with E-state index in [1.807, 2.05) is 0 Å². The lowest BCUT2D eigenvalue weighted by Gasteiger charge is -2.13. The number of rotatable bonds is 3. The Morgan fingerprint density at radius 2 is 1.93 bits per heavy atom. The van der Waals surface area contributed by atoms with E-state index in [0.29, 0.717) is 12.0 Å². The van der Waals surface area contributed by atoms with E-state index in [4.69, 9.17) is 5.11 Å². The van der Waals surface area contributed by atoms with Crippen LogP contribution in [-0.4, -0.2) is 11.7 Å². The average molecular weight is 218 g/mol. The highest BCUT2D eigenvalue weighted by Gasteiger charge is 2.32. The molecule has 1 N–H and O–H groups in total. The Morgan fingerprint density at radius 1 is 1.27 bits per heavy atom. The summed E-state index contributed by atoms with van der Waals surface area (Å²) >= 11 is 0. The molecule has 0 radical (unpaired) electrons. The highest BCUT2D eigenvalue weighted by molar-refractivity contribution is 5.33.